The van der Waals surface area contributed by atoms with Crippen molar-refractivity contribution in [3.05, 3.63) is 29.6 Å². The summed E-state index contributed by atoms with van der Waals surface area (Å²) in [4.78, 5) is 10.9. The molecule has 130 valence electrons. The molecular formula is C17H23ClN4OS. The number of halogens is 1. The molecule has 2 aromatic rings. The lowest BCUT2D eigenvalue weighted by atomic mass is 9.96. The van der Waals surface area contributed by atoms with Crippen molar-refractivity contribution in [2.75, 3.05) is 13.6 Å². The molecule has 0 atom stereocenters. The van der Waals surface area contributed by atoms with Gasteiger partial charge >= 0.3 is 0 Å². The summed E-state index contributed by atoms with van der Waals surface area (Å²) in [6, 6.07) is 5.66. The van der Waals surface area contributed by atoms with Gasteiger partial charge in [0.25, 0.3) is 5.19 Å². The minimum absolute atomic E-state index is 0.0940. The zero-order chi connectivity index (χ0) is 17.7. The van der Waals surface area contributed by atoms with Crippen LogP contribution < -0.4 is 4.74 Å². The van der Waals surface area contributed by atoms with Gasteiger partial charge in [0, 0.05) is 36.4 Å². The van der Waals surface area contributed by atoms with E-state index in [9.17, 15) is 0 Å². The highest BCUT2D eigenvalue weighted by atomic mass is 35.5. The Bertz CT molecular complexity index is 709. The van der Waals surface area contributed by atoms with Gasteiger partial charge in [0.05, 0.1) is 12.0 Å². The molecule has 2 rings (SSSR count). The average molecular weight is 367 g/mol. The first-order valence-electron chi connectivity index (χ1n) is 7.79. The molecule has 0 spiro atoms. The van der Waals surface area contributed by atoms with Crippen LogP contribution in [0, 0.1) is 0 Å². The summed E-state index contributed by atoms with van der Waals surface area (Å²) in [6.07, 6.45) is 1.80. The number of hydrogen-bond donors (Lipinski definition) is 0. The minimum Gasteiger partial charge on any atom is -0.430 e. The van der Waals surface area contributed by atoms with Gasteiger partial charge in [-0.15, -0.1) is 11.6 Å². The molecule has 1 aromatic carbocycles. The number of ether oxygens (including phenoxy) is 1. The molecular weight excluding hydrogens is 344 g/mol. The predicted octanol–water partition coefficient (Wildman–Crippen LogP) is 4.98. The molecule has 5 nitrogen and oxygen atoms in total. The zero-order valence-electron chi connectivity index (χ0n) is 14.7. The fourth-order valence-electron chi connectivity index (χ4n) is 1.76. The second-order valence-electron chi connectivity index (χ2n) is 6.48. The van der Waals surface area contributed by atoms with E-state index in [1.165, 1.54) is 11.5 Å². The number of aliphatic imine (C=N–C) groups is 1. The van der Waals surface area contributed by atoms with Crippen molar-refractivity contribution in [1.29, 1.82) is 0 Å². The molecule has 0 aliphatic carbocycles. The summed E-state index contributed by atoms with van der Waals surface area (Å²) >= 11 is 7.31. The molecule has 7 heteroatoms. The highest BCUT2D eigenvalue weighted by molar-refractivity contribution is 7.07. The van der Waals surface area contributed by atoms with Gasteiger partial charge in [0.15, 0.2) is 5.82 Å². The van der Waals surface area contributed by atoms with E-state index in [1.807, 2.05) is 30.1 Å². The Morgan fingerprint density at radius 3 is 2.71 bits per heavy atom. The zero-order valence-corrected chi connectivity index (χ0v) is 16.3. The molecule has 0 saturated heterocycles. The monoisotopic (exact) mass is 366 g/mol. The summed E-state index contributed by atoms with van der Waals surface area (Å²) in [6.45, 7) is 9.19. The number of aromatic nitrogens is 2. The maximum atomic E-state index is 6.05. The number of benzene rings is 1. The van der Waals surface area contributed by atoms with Crippen LogP contribution in [0.4, 0.5) is 5.69 Å². The van der Waals surface area contributed by atoms with Gasteiger partial charge < -0.3 is 9.64 Å². The van der Waals surface area contributed by atoms with Crippen LogP contribution in [0.3, 0.4) is 0 Å². The van der Waals surface area contributed by atoms with Crippen molar-refractivity contribution in [3.63, 3.8) is 0 Å². The Morgan fingerprint density at radius 2 is 2.12 bits per heavy atom. The third-order valence-electron chi connectivity index (χ3n) is 3.37. The van der Waals surface area contributed by atoms with Crippen LogP contribution in [0.2, 0.25) is 0 Å². The van der Waals surface area contributed by atoms with Crippen LogP contribution in [-0.2, 0) is 11.3 Å². The van der Waals surface area contributed by atoms with Crippen molar-refractivity contribution in [2.45, 2.75) is 39.0 Å². The van der Waals surface area contributed by atoms with Crippen molar-refractivity contribution >= 4 is 35.2 Å². The van der Waals surface area contributed by atoms with Crippen molar-refractivity contribution in [2.24, 2.45) is 4.99 Å². The maximum absolute atomic E-state index is 6.05. The quantitative estimate of drug-likeness (QED) is 0.411. The molecule has 0 aliphatic heterocycles. The molecule has 0 unspecified atom stereocenters. The number of hydrogen-bond acceptors (Lipinski definition) is 5. The fraction of sp³-hybridized carbons (Fsp3) is 0.471. The lowest BCUT2D eigenvalue weighted by molar-refractivity contribution is 0.467. The van der Waals surface area contributed by atoms with Gasteiger partial charge in [-0.3, -0.25) is 0 Å². The first kappa shape index (κ1) is 18.7. The third kappa shape index (κ3) is 4.92. The SMILES string of the molecule is CCN(C)C=Nc1ccc(Oc2nc(C(C)(C)C)ns2)cc1CCl. The Labute approximate surface area is 152 Å². The van der Waals surface area contributed by atoms with Gasteiger partial charge in [0.1, 0.15) is 5.75 Å². The van der Waals surface area contributed by atoms with E-state index in [-0.39, 0.29) is 5.41 Å². The predicted molar refractivity (Wildman–Crippen MR) is 101 cm³/mol. The lowest BCUT2D eigenvalue weighted by Crippen LogP contribution is -2.14. The second-order valence-corrected chi connectivity index (χ2v) is 7.46. The highest BCUT2D eigenvalue weighted by Gasteiger charge is 2.20. The summed E-state index contributed by atoms with van der Waals surface area (Å²) < 4.78 is 10.2. The van der Waals surface area contributed by atoms with Crippen molar-refractivity contribution in [1.82, 2.24) is 14.3 Å². The van der Waals surface area contributed by atoms with E-state index in [0.717, 1.165) is 23.6 Å². The maximum Gasteiger partial charge on any atom is 0.298 e. The molecule has 0 bridgehead atoms. The summed E-state index contributed by atoms with van der Waals surface area (Å²) in [7, 11) is 1.98. The average Bonchev–Trinajstić information content (AvgIpc) is 3.01. The molecule has 24 heavy (non-hydrogen) atoms. The minimum atomic E-state index is -0.0940. The van der Waals surface area contributed by atoms with Gasteiger partial charge in [-0.25, -0.2) is 4.99 Å². The topological polar surface area (TPSA) is 50.6 Å². The van der Waals surface area contributed by atoms with E-state index in [1.54, 1.807) is 6.34 Å². The van der Waals surface area contributed by atoms with Gasteiger partial charge in [-0.05, 0) is 30.7 Å². The third-order valence-corrected chi connectivity index (χ3v) is 4.25. The Balaban J connectivity index is 2.17. The summed E-state index contributed by atoms with van der Waals surface area (Å²) in [5.74, 6) is 1.83. The van der Waals surface area contributed by atoms with Crippen LogP contribution in [-0.4, -0.2) is 34.2 Å². The highest BCUT2D eigenvalue weighted by Crippen LogP contribution is 2.31. The van der Waals surface area contributed by atoms with Crippen LogP contribution in [0.15, 0.2) is 23.2 Å². The molecule has 0 saturated carbocycles. The molecule has 0 fully saturated rings. The standard InChI is InChI=1S/C17H23ClN4OS/c1-6-22(5)11-19-14-8-7-13(9-12(14)10-18)23-16-20-15(21-24-16)17(2,3)4/h7-9,11H,6,10H2,1-5H3. The van der Waals surface area contributed by atoms with Crippen LogP contribution in [0.25, 0.3) is 0 Å². The van der Waals surface area contributed by atoms with E-state index < -0.39 is 0 Å². The molecule has 0 N–H and O–H groups in total. The van der Waals surface area contributed by atoms with Crippen LogP contribution >= 0.6 is 23.1 Å². The molecule has 1 aromatic heterocycles. The fourth-order valence-corrected chi connectivity index (χ4v) is 2.71. The van der Waals surface area contributed by atoms with Gasteiger partial charge in [0.2, 0.25) is 0 Å². The largest absolute Gasteiger partial charge is 0.430 e. The lowest BCUT2D eigenvalue weighted by Gasteiger charge is -2.12. The first-order valence-corrected chi connectivity index (χ1v) is 9.09. The smallest absolute Gasteiger partial charge is 0.298 e. The molecule has 0 radical (unpaired) electrons. The van der Waals surface area contributed by atoms with E-state index in [0.29, 0.717) is 16.8 Å². The Kier molecular flexibility index (Phi) is 6.18. The number of alkyl halides is 1. The molecule has 0 amide bonds. The van der Waals surface area contributed by atoms with Crippen LogP contribution in [0.1, 0.15) is 39.1 Å². The van der Waals surface area contributed by atoms with Crippen LogP contribution in [0.5, 0.6) is 10.9 Å². The normalized spacial score (nSPS) is 11.9. The van der Waals surface area contributed by atoms with E-state index >= 15 is 0 Å². The van der Waals surface area contributed by atoms with Crippen molar-refractivity contribution < 1.29 is 4.74 Å². The molecule has 1 heterocycles. The van der Waals surface area contributed by atoms with E-state index in [2.05, 4.69) is 42.0 Å². The van der Waals surface area contributed by atoms with Crippen molar-refractivity contribution in [3.8, 4) is 10.9 Å². The first-order chi connectivity index (χ1) is 11.3. The Hall–Kier alpha value is -1.66. The number of rotatable bonds is 6. The molecule has 0 aliphatic rings. The summed E-state index contributed by atoms with van der Waals surface area (Å²) in [5, 5.41) is 0.530. The van der Waals surface area contributed by atoms with Gasteiger partial charge in [-0.1, -0.05) is 20.8 Å². The number of nitrogens with zero attached hydrogens (tertiary/aromatic N) is 4. The second kappa shape index (κ2) is 7.94. The summed E-state index contributed by atoms with van der Waals surface area (Å²) in [5.41, 5.74) is 1.66. The Morgan fingerprint density at radius 1 is 1.38 bits per heavy atom. The van der Waals surface area contributed by atoms with Gasteiger partial charge in [-0.2, -0.15) is 9.36 Å². The van der Waals surface area contributed by atoms with E-state index in [4.69, 9.17) is 16.3 Å².